The number of anilines is 1. The van der Waals surface area contributed by atoms with Crippen LogP contribution in [0.1, 0.15) is 28.0 Å². The molecule has 5 nitrogen and oxygen atoms in total. The van der Waals surface area contributed by atoms with Crippen molar-refractivity contribution in [3.8, 4) is 5.69 Å². The van der Waals surface area contributed by atoms with E-state index < -0.39 is 0 Å². The Kier molecular flexibility index (Phi) is 4.67. The lowest BCUT2D eigenvalue weighted by molar-refractivity contribution is 0.628. The number of hydrazone groups is 1. The largest absolute Gasteiger partial charge is 0.268 e. The smallest absolute Gasteiger partial charge is 0.268 e. The number of fused-ring (bicyclic) bond motifs is 3. The van der Waals surface area contributed by atoms with E-state index in [1.54, 1.807) is 34.3 Å². The zero-order chi connectivity index (χ0) is 20.7. The highest BCUT2D eigenvalue weighted by Gasteiger charge is 2.23. The Morgan fingerprint density at radius 3 is 2.67 bits per heavy atom. The summed E-state index contributed by atoms with van der Waals surface area (Å²) in [5.41, 5.74) is 6.57. The van der Waals surface area contributed by atoms with E-state index in [1.807, 2.05) is 31.2 Å². The Labute approximate surface area is 176 Å². The van der Waals surface area contributed by atoms with Crippen molar-refractivity contribution in [2.45, 2.75) is 26.2 Å². The molecule has 0 spiro atoms. The van der Waals surface area contributed by atoms with Crippen molar-refractivity contribution in [2.75, 3.05) is 5.43 Å². The third-order valence-electron chi connectivity index (χ3n) is 5.28. The van der Waals surface area contributed by atoms with Gasteiger partial charge < -0.3 is 0 Å². The van der Waals surface area contributed by atoms with Crippen LogP contribution in [0.25, 0.3) is 15.9 Å². The maximum Gasteiger partial charge on any atom is 0.268 e. The van der Waals surface area contributed by atoms with Crippen LogP contribution in [0.2, 0.25) is 0 Å². The molecule has 0 amide bonds. The van der Waals surface area contributed by atoms with Crippen molar-refractivity contribution in [2.24, 2.45) is 5.10 Å². The number of nitrogens with one attached hydrogen (secondary N) is 1. The van der Waals surface area contributed by atoms with Crippen LogP contribution < -0.4 is 11.0 Å². The van der Waals surface area contributed by atoms with E-state index in [9.17, 15) is 9.18 Å². The fourth-order valence-electron chi connectivity index (χ4n) is 3.77. The summed E-state index contributed by atoms with van der Waals surface area (Å²) in [6, 6.07) is 13.8. The van der Waals surface area contributed by atoms with Crippen molar-refractivity contribution < 1.29 is 4.39 Å². The van der Waals surface area contributed by atoms with Crippen LogP contribution in [0.3, 0.4) is 0 Å². The van der Waals surface area contributed by atoms with Crippen LogP contribution in [0.4, 0.5) is 10.3 Å². The fourth-order valence-corrected chi connectivity index (χ4v) is 5.02. The van der Waals surface area contributed by atoms with Gasteiger partial charge in [0.1, 0.15) is 10.6 Å². The zero-order valence-electron chi connectivity index (χ0n) is 16.4. The first kappa shape index (κ1) is 18.7. The Morgan fingerprint density at radius 2 is 1.90 bits per heavy atom. The molecule has 2 aromatic carbocycles. The summed E-state index contributed by atoms with van der Waals surface area (Å²) in [6.45, 7) is 2.01. The van der Waals surface area contributed by atoms with Gasteiger partial charge in [-0.1, -0.05) is 29.8 Å². The van der Waals surface area contributed by atoms with Crippen LogP contribution >= 0.6 is 11.3 Å². The molecule has 0 aliphatic heterocycles. The van der Waals surface area contributed by atoms with Gasteiger partial charge in [-0.05, 0) is 61.6 Å². The average Bonchev–Trinajstić information content (AvgIpc) is 3.31. The lowest BCUT2D eigenvalue weighted by Crippen LogP contribution is -2.22. The normalized spacial score (nSPS) is 13.3. The number of rotatable bonds is 4. The minimum atomic E-state index is -0.300. The number of hydrogen-bond acceptors (Lipinski definition) is 5. The summed E-state index contributed by atoms with van der Waals surface area (Å²) in [5, 5.41) is 4.96. The predicted molar refractivity (Wildman–Crippen MR) is 120 cm³/mol. The molecule has 7 heteroatoms. The number of thiophene rings is 1. The van der Waals surface area contributed by atoms with Crippen LogP contribution in [-0.4, -0.2) is 15.8 Å². The highest BCUT2D eigenvalue weighted by atomic mass is 32.1. The van der Waals surface area contributed by atoms with Gasteiger partial charge in [-0.2, -0.15) is 5.10 Å². The van der Waals surface area contributed by atoms with Crippen LogP contribution in [0.5, 0.6) is 0 Å². The third-order valence-corrected chi connectivity index (χ3v) is 6.46. The van der Waals surface area contributed by atoms with E-state index in [1.165, 1.54) is 17.0 Å². The number of benzene rings is 2. The van der Waals surface area contributed by atoms with Gasteiger partial charge in [0.25, 0.3) is 5.56 Å². The number of aromatic nitrogens is 2. The van der Waals surface area contributed by atoms with Crippen LogP contribution in [-0.2, 0) is 12.8 Å². The summed E-state index contributed by atoms with van der Waals surface area (Å²) < 4.78 is 14.7. The first-order valence-electron chi connectivity index (χ1n) is 9.79. The first-order valence-corrected chi connectivity index (χ1v) is 10.6. The van der Waals surface area contributed by atoms with Gasteiger partial charge in [-0.3, -0.25) is 4.79 Å². The molecule has 0 unspecified atom stereocenters. The van der Waals surface area contributed by atoms with Crippen molar-refractivity contribution in [3.05, 3.63) is 86.3 Å². The summed E-state index contributed by atoms with van der Waals surface area (Å²) in [4.78, 5) is 20.3. The van der Waals surface area contributed by atoms with Gasteiger partial charge in [0.2, 0.25) is 5.95 Å². The predicted octanol–water partition coefficient (Wildman–Crippen LogP) is 4.83. The standard InChI is InChI=1S/C23H19FN4OS/c1-14-5-11-17(12-6-14)28-22(29)20-18-3-2-4-19(18)30-21(20)26-23(28)27-25-13-15-7-9-16(24)10-8-15/h5-13H,2-4H2,1H3,(H,26,27)/b25-13-. The fraction of sp³-hybridized carbons (Fsp3) is 0.174. The quantitative estimate of drug-likeness (QED) is 0.381. The minimum absolute atomic E-state index is 0.0808. The van der Waals surface area contributed by atoms with E-state index in [0.717, 1.165) is 51.9 Å². The Hall–Kier alpha value is -3.32. The molecule has 0 saturated carbocycles. The van der Waals surface area contributed by atoms with Gasteiger partial charge in [-0.25, -0.2) is 19.4 Å². The molecule has 2 aromatic heterocycles. The Bertz CT molecular complexity index is 1320. The summed E-state index contributed by atoms with van der Waals surface area (Å²) in [5.74, 6) is 0.0563. The van der Waals surface area contributed by atoms with Gasteiger partial charge in [0.15, 0.2) is 0 Å². The molecule has 0 saturated heterocycles. The third kappa shape index (κ3) is 3.31. The van der Waals surface area contributed by atoms with Crippen LogP contribution in [0, 0.1) is 12.7 Å². The molecule has 1 N–H and O–H groups in total. The molecule has 0 fully saturated rings. The van der Waals surface area contributed by atoms with Gasteiger partial charge >= 0.3 is 0 Å². The molecule has 150 valence electrons. The molecule has 1 aliphatic rings. The van der Waals surface area contributed by atoms with Gasteiger partial charge in [0, 0.05) is 4.88 Å². The van der Waals surface area contributed by atoms with Crippen molar-refractivity contribution in [1.82, 2.24) is 9.55 Å². The van der Waals surface area contributed by atoms with Gasteiger partial charge in [0.05, 0.1) is 17.3 Å². The summed E-state index contributed by atoms with van der Waals surface area (Å²) in [6.07, 6.45) is 4.59. The van der Waals surface area contributed by atoms with Crippen molar-refractivity contribution in [3.63, 3.8) is 0 Å². The lowest BCUT2D eigenvalue weighted by Gasteiger charge is -2.12. The second kappa shape index (κ2) is 7.50. The SMILES string of the molecule is Cc1ccc(-n2c(N/N=C\c3ccc(F)cc3)nc3sc4c(c3c2=O)CCC4)cc1. The van der Waals surface area contributed by atoms with E-state index in [0.29, 0.717) is 5.95 Å². The number of hydrogen-bond donors (Lipinski definition) is 1. The summed E-state index contributed by atoms with van der Waals surface area (Å²) >= 11 is 1.59. The molecule has 0 radical (unpaired) electrons. The van der Waals surface area contributed by atoms with Crippen molar-refractivity contribution >= 4 is 33.7 Å². The summed E-state index contributed by atoms with van der Waals surface area (Å²) in [7, 11) is 0. The number of nitrogens with zero attached hydrogens (tertiary/aromatic N) is 3. The maximum atomic E-state index is 13.5. The van der Waals surface area contributed by atoms with E-state index in [2.05, 4.69) is 10.5 Å². The molecule has 5 rings (SSSR count). The molecular weight excluding hydrogens is 399 g/mol. The lowest BCUT2D eigenvalue weighted by atomic mass is 10.2. The topological polar surface area (TPSA) is 59.3 Å². The first-order chi connectivity index (χ1) is 14.6. The molecule has 0 bridgehead atoms. The molecule has 1 aliphatic carbocycles. The van der Waals surface area contributed by atoms with Crippen molar-refractivity contribution in [1.29, 1.82) is 0 Å². The monoisotopic (exact) mass is 418 g/mol. The zero-order valence-corrected chi connectivity index (χ0v) is 17.2. The molecule has 0 atom stereocenters. The number of aryl methyl sites for hydroxylation is 3. The Balaban J connectivity index is 1.62. The maximum absolute atomic E-state index is 13.5. The van der Waals surface area contributed by atoms with E-state index >= 15 is 0 Å². The van der Waals surface area contributed by atoms with Crippen LogP contribution in [0.15, 0.2) is 58.4 Å². The second-order valence-electron chi connectivity index (χ2n) is 7.37. The van der Waals surface area contributed by atoms with E-state index in [4.69, 9.17) is 4.98 Å². The number of halogens is 1. The molecule has 30 heavy (non-hydrogen) atoms. The second-order valence-corrected chi connectivity index (χ2v) is 8.45. The highest BCUT2D eigenvalue weighted by molar-refractivity contribution is 7.18. The van der Waals surface area contributed by atoms with E-state index in [-0.39, 0.29) is 11.4 Å². The minimum Gasteiger partial charge on any atom is -0.268 e. The van der Waals surface area contributed by atoms with Gasteiger partial charge in [-0.15, -0.1) is 11.3 Å². The highest BCUT2D eigenvalue weighted by Crippen LogP contribution is 2.35. The average molecular weight is 418 g/mol. The Morgan fingerprint density at radius 1 is 1.13 bits per heavy atom. The molecule has 4 aromatic rings. The molecular formula is C23H19FN4OS. The molecule has 2 heterocycles.